The van der Waals surface area contributed by atoms with E-state index >= 15 is 0 Å². The first kappa shape index (κ1) is 19.3. The Kier molecular flexibility index (Phi) is 5.86. The van der Waals surface area contributed by atoms with E-state index in [2.05, 4.69) is 10.1 Å². The minimum Gasteiger partial charge on any atom is -0.484 e. The second kappa shape index (κ2) is 7.90. The number of nitrogens with one attached hydrogen (secondary N) is 1. The molecule has 0 heterocycles. The maximum atomic E-state index is 12.5. The van der Waals surface area contributed by atoms with Crippen LogP contribution in [0.2, 0.25) is 0 Å². The number of esters is 1. The van der Waals surface area contributed by atoms with E-state index in [-0.39, 0.29) is 11.3 Å². The number of rotatable bonds is 5. The molecule has 0 unspecified atom stereocenters. The fourth-order valence-corrected chi connectivity index (χ4v) is 2.18. The molecule has 0 saturated heterocycles. The first-order valence-corrected chi connectivity index (χ1v) is 7.50. The van der Waals surface area contributed by atoms with Crippen molar-refractivity contribution in [1.29, 1.82) is 0 Å². The van der Waals surface area contributed by atoms with Crippen LogP contribution < -0.4 is 10.1 Å². The topological polar surface area (TPSA) is 64.6 Å². The van der Waals surface area contributed by atoms with Gasteiger partial charge in [0, 0.05) is 0 Å². The van der Waals surface area contributed by atoms with Gasteiger partial charge >= 0.3 is 12.1 Å². The summed E-state index contributed by atoms with van der Waals surface area (Å²) in [6, 6.07) is 8.85. The van der Waals surface area contributed by atoms with E-state index in [1.54, 1.807) is 19.1 Å². The van der Waals surface area contributed by atoms with Gasteiger partial charge in [-0.05, 0) is 42.8 Å². The lowest BCUT2D eigenvalue weighted by Crippen LogP contribution is -2.22. The van der Waals surface area contributed by atoms with Crippen molar-refractivity contribution in [1.82, 2.24) is 0 Å². The summed E-state index contributed by atoms with van der Waals surface area (Å²) in [4.78, 5) is 23.8. The van der Waals surface area contributed by atoms with Gasteiger partial charge in [0.05, 0.1) is 23.9 Å². The van der Waals surface area contributed by atoms with Crippen LogP contribution in [0.15, 0.2) is 42.5 Å². The summed E-state index contributed by atoms with van der Waals surface area (Å²) in [6.07, 6.45) is -4.44. The summed E-state index contributed by atoms with van der Waals surface area (Å²) in [5, 5.41) is 2.56. The largest absolute Gasteiger partial charge is 0.484 e. The predicted molar refractivity (Wildman–Crippen MR) is 88.1 cm³/mol. The molecule has 0 spiro atoms. The van der Waals surface area contributed by atoms with E-state index in [0.29, 0.717) is 11.3 Å². The number of carbonyl (C=O) groups excluding carboxylic acids is 2. The summed E-state index contributed by atoms with van der Waals surface area (Å²) < 4.78 is 47.4. The third-order valence-electron chi connectivity index (χ3n) is 3.49. The average molecular weight is 367 g/mol. The number of para-hydroxylation sites is 1. The molecule has 2 aromatic carbocycles. The van der Waals surface area contributed by atoms with Crippen LogP contribution >= 0.6 is 0 Å². The number of benzene rings is 2. The van der Waals surface area contributed by atoms with Crippen LogP contribution in [0.1, 0.15) is 21.5 Å². The van der Waals surface area contributed by atoms with Crippen molar-refractivity contribution in [2.24, 2.45) is 0 Å². The molecule has 0 aromatic heterocycles. The fourth-order valence-electron chi connectivity index (χ4n) is 2.18. The second-order valence-corrected chi connectivity index (χ2v) is 5.35. The molecule has 0 bridgehead atoms. The van der Waals surface area contributed by atoms with Gasteiger partial charge in [0.2, 0.25) is 0 Å². The van der Waals surface area contributed by atoms with Crippen LogP contribution in [0.4, 0.5) is 18.9 Å². The SMILES string of the molecule is COC(=O)c1cccc(C)c1NC(=O)COc1ccc(C(F)(F)F)cc1. The summed E-state index contributed by atoms with van der Waals surface area (Å²) >= 11 is 0. The monoisotopic (exact) mass is 367 g/mol. The summed E-state index contributed by atoms with van der Waals surface area (Å²) in [5.74, 6) is -1.05. The summed E-state index contributed by atoms with van der Waals surface area (Å²) in [5.41, 5.74) is 0.323. The van der Waals surface area contributed by atoms with Crippen molar-refractivity contribution in [2.75, 3.05) is 19.0 Å². The smallest absolute Gasteiger partial charge is 0.416 e. The Morgan fingerprint density at radius 2 is 1.73 bits per heavy atom. The van der Waals surface area contributed by atoms with Crippen molar-refractivity contribution in [2.45, 2.75) is 13.1 Å². The molecule has 0 aliphatic heterocycles. The zero-order chi connectivity index (χ0) is 19.3. The van der Waals surface area contributed by atoms with Crippen LogP contribution in [0.5, 0.6) is 5.75 Å². The van der Waals surface area contributed by atoms with Crippen LogP contribution in [-0.4, -0.2) is 25.6 Å². The number of hydrogen-bond acceptors (Lipinski definition) is 4. The number of amides is 1. The minimum absolute atomic E-state index is 0.117. The molecule has 8 heteroatoms. The third kappa shape index (κ3) is 4.75. The molecular formula is C18H16F3NO4. The first-order valence-electron chi connectivity index (χ1n) is 7.50. The lowest BCUT2D eigenvalue weighted by molar-refractivity contribution is -0.137. The van der Waals surface area contributed by atoms with Crippen LogP contribution in [0, 0.1) is 6.92 Å². The van der Waals surface area contributed by atoms with E-state index < -0.39 is 30.2 Å². The molecule has 5 nitrogen and oxygen atoms in total. The Morgan fingerprint density at radius 3 is 2.31 bits per heavy atom. The van der Waals surface area contributed by atoms with Gasteiger partial charge in [0.25, 0.3) is 5.91 Å². The molecule has 0 atom stereocenters. The number of hydrogen-bond donors (Lipinski definition) is 1. The van der Waals surface area contributed by atoms with Gasteiger partial charge in [-0.25, -0.2) is 4.79 Å². The molecule has 2 rings (SSSR count). The standard InChI is InChI=1S/C18H16F3NO4/c1-11-4-3-5-14(17(24)25-2)16(11)22-15(23)10-26-13-8-6-12(7-9-13)18(19,20)21/h3-9H,10H2,1-2H3,(H,22,23). The Balaban J connectivity index is 2.03. The zero-order valence-corrected chi connectivity index (χ0v) is 14.0. The van der Waals surface area contributed by atoms with Crippen LogP contribution in [-0.2, 0) is 15.7 Å². The Bertz CT molecular complexity index is 801. The molecule has 0 radical (unpaired) electrons. The quantitative estimate of drug-likeness (QED) is 0.816. The van der Waals surface area contributed by atoms with Gasteiger partial charge in [-0.2, -0.15) is 13.2 Å². The number of ether oxygens (including phenoxy) is 2. The van der Waals surface area contributed by atoms with Gasteiger partial charge in [0.15, 0.2) is 6.61 Å². The van der Waals surface area contributed by atoms with Gasteiger partial charge in [-0.3, -0.25) is 4.79 Å². The van der Waals surface area contributed by atoms with E-state index in [4.69, 9.17) is 4.74 Å². The number of methoxy groups -OCH3 is 1. The maximum Gasteiger partial charge on any atom is 0.416 e. The average Bonchev–Trinajstić information content (AvgIpc) is 2.60. The number of halogens is 3. The second-order valence-electron chi connectivity index (χ2n) is 5.35. The highest BCUT2D eigenvalue weighted by molar-refractivity contribution is 6.02. The first-order chi connectivity index (χ1) is 12.2. The van der Waals surface area contributed by atoms with E-state index in [1.165, 1.54) is 13.2 Å². The van der Waals surface area contributed by atoms with Crippen molar-refractivity contribution in [3.8, 4) is 5.75 Å². The number of alkyl halides is 3. The Morgan fingerprint density at radius 1 is 1.08 bits per heavy atom. The highest BCUT2D eigenvalue weighted by Gasteiger charge is 2.30. The normalized spacial score (nSPS) is 11.0. The van der Waals surface area contributed by atoms with Crippen molar-refractivity contribution in [3.63, 3.8) is 0 Å². The third-order valence-corrected chi connectivity index (χ3v) is 3.49. The Labute approximate surface area is 147 Å². The summed E-state index contributed by atoms with van der Waals surface area (Å²) in [7, 11) is 1.23. The summed E-state index contributed by atoms with van der Waals surface area (Å²) in [6.45, 7) is 1.28. The van der Waals surface area contributed by atoms with E-state index in [0.717, 1.165) is 24.3 Å². The minimum atomic E-state index is -4.44. The molecule has 0 fully saturated rings. The molecule has 2 aromatic rings. The molecule has 0 saturated carbocycles. The molecule has 0 aliphatic carbocycles. The van der Waals surface area contributed by atoms with E-state index in [9.17, 15) is 22.8 Å². The van der Waals surface area contributed by atoms with E-state index in [1.807, 2.05) is 0 Å². The molecule has 1 N–H and O–H groups in total. The van der Waals surface area contributed by atoms with Gasteiger partial charge in [-0.1, -0.05) is 12.1 Å². The fraction of sp³-hybridized carbons (Fsp3) is 0.222. The van der Waals surface area contributed by atoms with Crippen molar-refractivity contribution in [3.05, 3.63) is 59.2 Å². The molecule has 1 amide bonds. The molecule has 138 valence electrons. The maximum absolute atomic E-state index is 12.5. The van der Waals surface area contributed by atoms with Crippen molar-refractivity contribution < 1.29 is 32.2 Å². The van der Waals surface area contributed by atoms with Crippen LogP contribution in [0.25, 0.3) is 0 Å². The van der Waals surface area contributed by atoms with Crippen molar-refractivity contribution >= 4 is 17.6 Å². The van der Waals surface area contributed by atoms with Crippen LogP contribution in [0.3, 0.4) is 0 Å². The van der Waals surface area contributed by atoms with Gasteiger partial charge in [-0.15, -0.1) is 0 Å². The van der Waals surface area contributed by atoms with Gasteiger partial charge < -0.3 is 14.8 Å². The highest BCUT2D eigenvalue weighted by Crippen LogP contribution is 2.30. The zero-order valence-electron chi connectivity index (χ0n) is 14.0. The highest BCUT2D eigenvalue weighted by atomic mass is 19.4. The number of carbonyl (C=O) groups is 2. The number of aryl methyl sites for hydroxylation is 1. The van der Waals surface area contributed by atoms with Gasteiger partial charge in [0.1, 0.15) is 5.75 Å². The molecular weight excluding hydrogens is 351 g/mol. The lowest BCUT2D eigenvalue weighted by atomic mass is 10.1. The molecule has 0 aliphatic rings. The molecule has 26 heavy (non-hydrogen) atoms. The lowest BCUT2D eigenvalue weighted by Gasteiger charge is -2.13. The Hall–Kier alpha value is -3.03. The number of anilines is 1. The predicted octanol–water partition coefficient (Wildman–Crippen LogP) is 3.82.